The van der Waals surface area contributed by atoms with Gasteiger partial charge in [0.25, 0.3) is 11.8 Å². The second-order valence-corrected chi connectivity index (χ2v) is 9.49. The minimum absolute atomic E-state index is 0.00564. The average Bonchev–Trinajstić information content (AvgIpc) is 3.04. The van der Waals surface area contributed by atoms with Crippen molar-refractivity contribution < 1.29 is 28.6 Å². The Morgan fingerprint density at radius 2 is 1.33 bits per heavy atom. The molecule has 4 aromatic carbocycles. The lowest BCUT2D eigenvalue weighted by molar-refractivity contribution is -0.113. The summed E-state index contributed by atoms with van der Waals surface area (Å²) in [6.45, 7) is 0. The number of amides is 2. The van der Waals surface area contributed by atoms with Crippen molar-refractivity contribution in [3.8, 4) is 17.2 Å². The Bertz CT molecular complexity index is 1680. The number of ketones is 1. The number of halogens is 1. The van der Waals surface area contributed by atoms with E-state index in [1.165, 1.54) is 33.5 Å². The number of carbonyl (C=O) groups excluding carboxylic acids is 3. The van der Waals surface area contributed by atoms with E-state index in [9.17, 15) is 14.4 Å². The topological polar surface area (TPSA) is 103 Å². The van der Waals surface area contributed by atoms with E-state index in [1.54, 1.807) is 97.1 Å². The van der Waals surface area contributed by atoms with Crippen LogP contribution in [0.3, 0.4) is 0 Å². The fourth-order valence-electron chi connectivity index (χ4n) is 4.05. The first-order valence-electron chi connectivity index (χ1n) is 13.1. The summed E-state index contributed by atoms with van der Waals surface area (Å²) in [6.07, 6.45) is 4.55. The third kappa shape index (κ3) is 7.90. The summed E-state index contributed by atoms with van der Waals surface area (Å²) in [7, 11) is 4.57. The van der Waals surface area contributed by atoms with Gasteiger partial charge >= 0.3 is 0 Å². The molecule has 2 amide bonds. The Labute approximate surface area is 254 Å². The Balaban J connectivity index is 1.51. The maximum atomic E-state index is 13.3. The second kappa shape index (κ2) is 14.5. The number of benzene rings is 4. The van der Waals surface area contributed by atoms with Crippen LogP contribution in [-0.4, -0.2) is 38.9 Å². The van der Waals surface area contributed by atoms with Gasteiger partial charge in [0, 0.05) is 33.5 Å². The maximum absolute atomic E-state index is 13.3. The van der Waals surface area contributed by atoms with Gasteiger partial charge in [-0.3, -0.25) is 14.4 Å². The first-order valence-corrected chi connectivity index (χ1v) is 13.5. The van der Waals surface area contributed by atoms with Crippen LogP contribution in [0.1, 0.15) is 31.8 Å². The molecule has 0 saturated carbocycles. The van der Waals surface area contributed by atoms with Crippen LogP contribution in [0.4, 0.5) is 5.69 Å². The molecule has 4 rings (SSSR count). The highest BCUT2D eigenvalue weighted by molar-refractivity contribution is 6.32. The van der Waals surface area contributed by atoms with Gasteiger partial charge in [0.05, 0.1) is 21.3 Å². The number of anilines is 1. The molecule has 4 aromatic rings. The minimum Gasteiger partial charge on any atom is -0.496 e. The normalized spacial score (nSPS) is 11.1. The van der Waals surface area contributed by atoms with Crippen molar-refractivity contribution in [2.24, 2.45) is 0 Å². The van der Waals surface area contributed by atoms with Gasteiger partial charge in [-0.25, -0.2) is 0 Å². The van der Waals surface area contributed by atoms with Gasteiger partial charge in [-0.2, -0.15) is 0 Å². The van der Waals surface area contributed by atoms with Crippen LogP contribution >= 0.6 is 11.6 Å². The van der Waals surface area contributed by atoms with Crippen molar-refractivity contribution in [1.82, 2.24) is 5.32 Å². The molecule has 8 nitrogen and oxygen atoms in total. The summed E-state index contributed by atoms with van der Waals surface area (Å²) in [5, 5.41) is 5.86. The first-order chi connectivity index (χ1) is 20.8. The predicted molar refractivity (Wildman–Crippen MR) is 168 cm³/mol. The largest absolute Gasteiger partial charge is 0.496 e. The Morgan fingerprint density at radius 1 is 0.698 bits per heavy atom. The SMILES string of the molecule is COc1cc(OC)c(OC)cc1/C=C/C(=O)c1ccc(NC(=O)/C(=C/c2ccccc2Cl)NC(=O)c2ccccc2)cc1. The number of rotatable bonds is 11. The zero-order chi connectivity index (χ0) is 30.8. The lowest BCUT2D eigenvalue weighted by Gasteiger charge is -2.12. The molecule has 43 heavy (non-hydrogen) atoms. The van der Waals surface area contributed by atoms with E-state index >= 15 is 0 Å². The Kier molecular flexibility index (Phi) is 10.3. The molecule has 0 unspecified atom stereocenters. The van der Waals surface area contributed by atoms with Crippen LogP contribution in [0.2, 0.25) is 5.02 Å². The molecule has 0 saturated heterocycles. The number of ether oxygens (including phenoxy) is 3. The summed E-state index contributed by atoms with van der Waals surface area (Å²) in [6, 6.07) is 25.3. The number of methoxy groups -OCH3 is 3. The van der Waals surface area contributed by atoms with Crippen LogP contribution in [0.15, 0.2) is 103 Å². The molecule has 0 bridgehead atoms. The van der Waals surface area contributed by atoms with E-state index in [4.69, 9.17) is 25.8 Å². The zero-order valence-electron chi connectivity index (χ0n) is 23.7. The van der Waals surface area contributed by atoms with Crippen molar-refractivity contribution in [2.45, 2.75) is 0 Å². The molecular formula is C34H29ClN2O6. The van der Waals surface area contributed by atoms with Crippen LogP contribution in [-0.2, 0) is 4.79 Å². The molecule has 0 aromatic heterocycles. The molecule has 0 radical (unpaired) electrons. The molecule has 0 spiro atoms. The quantitative estimate of drug-likeness (QED) is 0.148. The molecule has 0 atom stereocenters. The van der Waals surface area contributed by atoms with Crippen molar-refractivity contribution >= 4 is 47.0 Å². The highest BCUT2D eigenvalue weighted by atomic mass is 35.5. The van der Waals surface area contributed by atoms with Gasteiger partial charge in [0.2, 0.25) is 0 Å². The standard InChI is InChI=1S/C34H29ClN2O6/c1-41-30-21-32(43-3)31(42-2)20-25(30)15-18-29(38)22-13-16-26(17-14-22)36-34(40)28(19-24-11-7-8-12-27(24)35)37-33(39)23-9-5-4-6-10-23/h4-21H,1-3H3,(H,36,40)(H,37,39)/b18-15+,28-19-. The molecule has 9 heteroatoms. The summed E-state index contributed by atoms with van der Waals surface area (Å²) < 4.78 is 16.1. The molecule has 2 N–H and O–H groups in total. The van der Waals surface area contributed by atoms with Gasteiger partial charge in [-0.05, 0) is 72.3 Å². The fraction of sp³-hybridized carbons (Fsp3) is 0.0882. The lowest BCUT2D eigenvalue weighted by Crippen LogP contribution is -2.30. The Hall–Kier alpha value is -5.34. The lowest BCUT2D eigenvalue weighted by atomic mass is 10.1. The van der Waals surface area contributed by atoms with E-state index in [2.05, 4.69) is 10.6 Å². The molecule has 0 heterocycles. The zero-order valence-corrected chi connectivity index (χ0v) is 24.5. The highest BCUT2D eigenvalue weighted by Gasteiger charge is 2.16. The number of nitrogens with one attached hydrogen (secondary N) is 2. The van der Waals surface area contributed by atoms with Gasteiger partial charge in [0.1, 0.15) is 11.4 Å². The monoisotopic (exact) mass is 596 g/mol. The smallest absolute Gasteiger partial charge is 0.272 e. The van der Waals surface area contributed by atoms with Gasteiger partial charge < -0.3 is 24.8 Å². The van der Waals surface area contributed by atoms with Crippen LogP contribution in [0.5, 0.6) is 17.2 Å². The first kappa shape index (κ1) is 30.6. The number of allylic oxidation sites excluding steroid dienone is 1. The molecule has 0 aliphatic rings. The summed E-state index contributed by atoms with van der Waals surface area (Å²) in [4.78, 5) is 39.0. The summed E-state index contributed by atoms with van der Waals surface area (Å²) in [5.74, 6) is 0.240. The van der Waals surface area contributed by atoms with Crippen molar-refractivity contribution in [1.29, 1.82) is 0 Å². The fourth-order valence-corrected chi connectivity index (χ4v) is 4.24. The van der Waals surface area contributed by atoms with E-state index in [1.807, 2.05) is 0 Å². The summed E-state index contributed by atoms with van der Waals surface area (Å²) in [5.41, 5.74) is 2.40. The molecular weight excluding hydrogens is 568 g/mol. The van der Waals surface area contributed by atoms with Crippen LogP contribution in [0.25, 0.3) is 12.2 Å². The second-order valence-electron chi connectivity index (χ2n) is 9.08. The molecule has 0 aliphatic carbocycles. The number of hydrogen-bond donors (Lipinski definition) is 2. The van der Waals surface area contributed by atoms with E-state index in [0.717, 1.165) is 0 Å². The molecule has 218 valence electrons. The van der Waals surface area contributed by atoms with Gasteiger partial charge in [-0.15, -0.1) is 0 Å². The third-order valence-corrected chi connectivity index (χ3v) is 6.66. The highest BCUT2D eigenvalue weighted by Crippen LogP contribution is 2.35. The maximum Gasteiger partial charge on any atom is 0.272 e. The third-order valence-electron chi connectivity index (χ3n) is 6.31. The average molecular weight is 597 g/mol. The number of hydrogen-bond acceptors (Lipinski definition) is 6. The van der Waals surface area contributed by atoms with Gasteiger partial charge in [0.15, 0.2) is 17.3 Å². The summed E-state index contributed by atoms with van der Waals surface area (Å²) >= 11 is 6.30. The van der Waals surface area contributed by atoms with Crippen molar-refractivity contribution in [3.05, 3.63) is 130 Å². The van der Waals surface area contributed by atoms with Crippen LogP contribution < -0.4 is 24.8 Å². The van der Waals surface area contributed by atoms with E-state index < -0.39 is 11.8 Å². The van der Waals surface area contributed by atoms with E-state index in [-0.39, 0.29) is 11.5 Å². The number of carbonyl (C=O) groups is 3. The Morgan fingerprint density at radius 3 is 1.98 bits per heavy atom. The van der Waals surface area contributed by atoms with Crippen molar-refractivity contribution in [3.63, 3.8) is 0 Å². The predicted octanol–water partition coefficient (Wildman–Crippen LogP) is 6.67. The van der Waals surface area contributed by atoms with Gasteiger partial charge in [-0.1, -0.05) is 48.0 Å². The molecule has 0 aliphatic heterocycles. The molecule has 0 fully saturated rings. The van der Waals surface area contributed by atoms with Crippen molar-refractivity contribution in [2.75, 3.05) is 26.6 Å². The van der Waals surface area contributed by atoms with Crippen LogP contribution in [0, 0.1) is 0 Å². The van der Waals surface area contributed by atoms with E-state index in [0.29, 0.717) is 50.2 Å². The minimum atomic E-state index is -0.566.